The average molecular weight is 540 g/mol. The van der Waals surface area contributed by atoms with Crippen molar-refractivity contribution in [2.24, 2.45) is 5.84 Å². The van der Waals surface area contributed by atoms with E-state index in [0.717, 1.165) is 63.7 Å². The second-order valence-corrected chi connectivity index (χ2v) is 9.88. The zero-order chi connectivity index (χ0) is 27.6. The molecule has 0 aromatic carbocycles. The first-order valence-electron chi connectivity index (χ1n) is 13.5. The third-order valence-electron chi connectivity index (χ3n) is 6.81. The number of fused-ring (bicyclic) bond motifs is 14. The van der Waals surface area contributed by atoms with Gasteiger partial charge in [-0.1, -0.05) is 0 Å². The number of nitrogens with two attached hydrogens (primary N) is 2. The molecule has 5 rings (SSSR count). The van der Waals surface area contributed by atoms with Gasteiger partial charge in [0.2, 0.25) is 11.9 Å². The van der Waals surface area contributed by atoms with Gasteiger partial charge in [0.05, 0.1) is 42.7 Å². The molecule has 1 amide bonds. The minimum Gasteiger partial charge on any atom is -0.498 e. The summed E-state index contributed by atoms with van der Waals surface area (Å²) in [5.41, 5.74) is 7.98. The van der Waals surface area contributed by atoms with Gasteiger partial charge >= 0.3 is 0 Å². The monoisotopic (exact) mass is 539 g/mol. The Morgan fingerprint density at radius 1 is 0.974 bits per heavy atom. The molecule has 6 bridgehead atoms. The number of nitrogens with one attached hydrogen (secondary N) is 2. The van der Waals surface area contributed by atoms with E-state index in [1.54, 1.807) is 6.20 Å². The highest BCUT2D eigenvalue weighted by Crippen LogP contribution is 2.23. The van der Waals surface area contributed by atoms with Crippen molar-refractivity contribution in [3.63, 3.8) is 0 Å². The van der Waals surface area contributed by atoms with Crippen molar-refractivity contribution < 1.29 is 9.53 Å². The number of hydrogen-bond donors (Lipinski definition) is 4. The van der Waals surface area contributed by atoms with Crippen LogP contribution in [0.25, 0.3) is 0 Å². The lowest BCUT2D eigenvalue weighted by atomic mass is 10.2. The van der Waals surface area contributed by atoms with Gasteiger partial charge in [-0.3, -0.25) is 19.4 Å². The van der Waals surface area contributed by atoms with E-state index in [2.05, 4.69) is 35.5 Å². The summed E-state index contributed by atoms with van der Waals surface area (Å²) in [6.45, 7) is 11.7. The van der Waals surface area contributed by atoms with E-state index in [1.807, 2.05) is 36.9 Å². The van der Waals surface area contributed by atoms with E-state index in [9.17, 15) is 4.79 Å². The first-order chi connectivity index (χ1) is 18.9. The van der Waals surface area contributed by atoms with Crippen molar-refractivity contribution in [2.45, 2.75) is 39.7 Å². The number of carbonyl (C=O) groups excluding carboxylic acids is 1. The predicted molar refractivity (Wildman–Crippen MR) is 152 cm³/mol. The van der Waals surface area contributed by atoms with Crippen molar-refractivity contribution in [3.05, 3.63) is 42.2 Å². The number of nitrogens with zero attached hydrogens (tertiary/aromatic N) is 7. The molecule has 212 valence electrons. The quantitative estimate of drug-likeness (QED) is 0.359. The fourth-order valence-corrected chi connectivity index (χ4v) is 4.41. The van der Waals surface area contributed by atoms with Crippen LogP contribution in [0, 0.1) is 0 Å². The van der Waals surface area contributed by atoms with Crippen LogP contribution < -0.4 is 27.2 Å². The lowest BCUT2D eigenvalue weighted by Gasteiger charge is -2.34. The molecule has 1 fully saturated rings. The summed E-state index contributed by atoms with van der Waals surface area (Å²) in [6, 6.07) is 0. The van der Waals surface area contributed by atoms with Crippen LogP contribution in [0.4, 0.5) is 23.1 Å². The summed E-state index contributed by atoms with van der Waals surface area (Å²) in [6.07, 6.45) is 10.9. The van der Waals surface area contributed by atoms with Gasteiger partial charge in [-0.25, -0.2) is 10.8 Å². The Morgan fingerprint density at radius 3 is 2.51 bits per heavy atom. The van der Waals surface area contributed by atoms with Crippen molar-refractivity contribution >= 4 is 29.0 Å². The summed E-state index contributed by atoms with van der Waals surface area (Å²) < 4.78 is 7.67. The lowest BCUT2D eigenvalue weighted by molar-refractivity contribution is -0.121. The summed E-state index contributed by atoms with van der Waals surface area (Å²) in [5.74, 6) is 7.86. The van der Waals surface area contributed by atoms with E-state index in [0.29, 0.717) is 49.1 Å². The van der Waals surface area contributed by atoms with Crippen LogP contribution in [0.15, 0.2) is 42.2 Å². The van der Waals surface area contributed by atoms with Crippen molar-refractivity contribution in [2.75, 3.05) is 68.5 Å². The summed E-state index contributed by atoms with van der Waals surface area (Å²) in [5, 5.41) is 12.1. The van der Waals surface area contributed by atoms with Gasteiger partial charge in [0.15, 0.2) is 5.82 Å². The Labute approximate surface area is 229 Å². The van der Waals surface area contributed by atoms with E-state index >= 15 is 0 Å². The molecule has 13 nitrogen and oxygen atoms in total. The Balaban J connectivity index is 1.45. The number of hydrogen-bond acceptors (Lipinski definition) is 11. The van der Waals surface area contributed by atoms with E-state index in [4.69, 9.17) is 16.3 Å². The number of piperazine rings is 1. The lowest BCUT2D eigenvalue weighted by Crippen LogP contribution is -2.47. The van der Waals surface area contributed by atoms with Gasteiger partial charge in [-0.05, 0) is 45.4 Å². The summed E-state index contributed by atoms with van der Waals surface area (Å²) >= 11 is 0. The summed E-state index contributed by atoms with van der Waals surface area (Å²) in [4.78, 5) is 25.9. The second kappa shape index (κ2) is 13.9. The Kier molecular flexibility index (Phi) is 10.1. The molecule has 3 aliphatic heterocycles. The smallest absolute Gasteiger partial charge is 0.229 e. The fraction of sp³-hybridized carbons (Fsp3) is 0.538. The summed E-state index contributed by atoms with van der Waals surface area (Å²) in [7, 11) is 0. The number of nitrogen functional groups attached to an aromatic ring is 1. The van der Waals surface area contributed by atoms with E-state index in [1.165, 1.54) is 11.2 Å². The molecule has 6 N–H and O–H groups in total. The highest BCUT2D eigenvalue weighted by atomic mass is 16.5. The normalized spacial score (nSPS) is 25.2. The SMILES string of the molecule is C/C1=C\C=C(/C)N(N)c2nc(ncc2N)Nc2cnn(c2)CCN2CCN(CCCNC(=O)CCCO1)CC2. The Hall–Kier alpha value is -3.68. The molecule has 39 heavy (non-hydrogen) atoms. The standard InChI is InChI=1S/C26H41N11O2/c1-20-6-7-21(2)39-16-3-5-24(38)29-8-4-9-34-10-12-35(13-11-34)14-15-36-19-22(17-31-36)32-26-30-18-23(27)25(33-26)37(20)28/h6-7,17-19H,3-5,8-16,27-28H2,1-2H3,(H,29,38)(H,30,32,33)/b20-6+,21-7+. The van der Waals surface area contributed by atoms with Crippen LogP contribution in [-0.4, -0.2) is 87.9 Å². The van der Waals surface area contributed by atoms with Crippen LogP contribution in [-0.2, 0) is 16.1 Å². The van der Waals surface area contributed by atoms with Gasteiger partial charge in [0, 0.05) is 57.6 Å². The highest BCUT2D eigenvalue weighted by Gasteiger charge is 2.17. The molecule has 0 atom stereocenters. The number of hydrazine groups is 1. The highest BCUT2D eigenvalue weighted by molar-refractivity contribution is 5.75. The van der Waals surface area contributed by atoms with E-state index in [-0.39, 0.29) is 5.91 Å². The van der Waals surface area contributed by atoms with Crippen LogP contribution in [0.1, 0.15) is 33.1 Å². The molecule has 3 aliphatic rings. The largest absolute Gasteiger partial charge is 0.498 e. The number of rotatable bonds is 0. The number of carbonyl (C=O) groups is 1. The molecule has 0 spiro atoms. The third-order valence-corrected chi connectivity index (χ3v) is 6.81. The van der Waals surface area contributed by atoms with Crippen LogP contribution >= 0.6 is 0 Å². The fourth-order valence-electron chi connectivity index (χ4n) is 4.41. The maximum Gasteiger partial charge on any atom is 0.229 e. The predicted octanol–water partition coefficient (Wildman–Crippen LogP) is 1.42. The number of aromatic nitrogens is 4. The van der Waals surface area contributed by atoms with Crippen molar-refractivity contribution in [3.8, 4) is 0 Å². The number of amides is 1. The van der Waals surface area contributed by atoms with Crippen molar-refractivity contribution in [1.29, 1.82) is 0 Å². The number of allylic oxidation sites excluding steroid dienone is 4. The molecule has 0 radical (unpaired) electrons. The Morgan fingerprint density at radius 2 is 1.72 bits per heavy atom. The minimum atomic E-state index is 0.0648. The Bertz CT molecular complexity index is 1150. The average Bonchev–Trinajstić information content (AvgIpc) is 3.39. The first kappa shape index (κ1) is 28.3. The molecule has 0 aliphatic carbocycles. The van der Waals surface area contributed by atoms with Gasteiger partial charge in [0.1, 0.15) is 0 Å². The molecular formula is C26H41N11O2. The van der Waals surface area contributed by atoms with Crippen LogP contribution in [0.5, 0.6) is 0 Å². The van der Waals surface area contributed by atoms with Gasteiger partial charge in [-0.2, -0.15) is 10.1 Å². The second-order valence-electron chi connectivity index (χ2n) is 9.88. The van der Waals surface area contributed by atoms with E-state index < -0.39 is 0 Å². The zero-order valence-corrected chi connectivity index (χ0v) is 23.0. The van der Waals surface area contributed by atoms with Gasteiger partial charge < -0.3 is 26.0 Å². The molecule has 2 aromatic heterocycles. The first-order valence-corrected chi connectivity index (χ1v) is 13.5. The molecular weight excluding hydrogens is 498 g/mol. The third kappa shape index (κ3) is 8.67. The maximum atomic E-state index is 12.2. The van der Waals surface area contributed by atoms with Gasteiger partial charge in [0.25, 0.3) is 0 Å². The molecule has 2 aromatic rings. The number of anilines is 4. The molecule has 0 saturated carbocycles. The molecule has 13 heteroatoms. The minimum absolute atomic E-state index is 0.0648. The topological polar surface area (TPSA) is 156 Å². The molecule has 0 unspecified atom stereocenters. The van der Waals surface area contributed by atoms with Crippen LogP contribution in [0.2, 0.25) is 0 Å². The van der Waals surface area contributed by atoms with Crippen LogP contribution in [0.3, 0.4) is 0 Å². The van der Waals surface area contributed by atoms with Crippen molar-refractivity contribution in [1.82, 2.24) is 34.9 Å². The molecule has 1 saturated heterocycles. The zero-order valence-electron chi connectivity index (χ0n) is 23.0. The van der Waals surface area contributed by atoms with Gasteiger partial charge in [-0.15, -0.1) is 0 Å². The number of ether oxygens (including phenoxy) is 1. The maximum absolute atomic E-state index is 12.2. The molecule has 5 heterocycles.